The second kappa shape index (κ2) is 13.1. The summed E-state index contributed by atoms with van der Waals surface area (Å²) in [7, 11) is 0. The van der Waals surface area contributed by atoms with Gasteiger partial charge in [0.2, 0.25) is 11.8 Å². The predicted molar refractivity (Wildman–Crippen MR) is 122 cm³/mol. The zero-order valence-corrected chi connectivity index (χ0v) is 18.6. The minimum absolute atomic E-state index is 0.113. The number of carbonyl (C=O) groups is 2. The van der Waals surface area contributed by atoms with Crippen molar-refractivity contribution in [1.82, 2.24) is 10.2 Å². The van der Waals surface area contributed by atoms with Gasteiger partial charge in [-0.25, -0.2) is 4.39 Å². The van der Waals surface area contributed by atoms with Crippen LogP contribution in [0.3, 0.4) is 0 Å². The number of halogens is 1. The van der Waals surface area contributed by atoms with Crippen LogP contribution in [0.2, 0.25) is 0 Å². The van der Waals surface area contributed by atoms with E-state index in [2.05, 4.69) is 12.2 Å². The fourth-order valence-electron chi connectivity index (χ4n) is 3.15. The maximum absolute atomic E-state index is 13.8. The largest absolute Gasteiger partial charge is 0.354 e. The van der Waals surface area contributed by atoms with Gasteiger partial charge in [0.05, 0.1) is 5.75 Å². The molecule has 0 saturated heterocycles. The summed E-state index contributed by atoms with van der Waals surface area (Å²) in [5.41, 5.74) is 1.55. The van der Waals surface area contributed by atoms with E-state index >= 15 is 0 Å². The molecule has 1 atom stereocenters. The van der Waals surface area contributed by atoms with Crippen LogP contribution in [0.25, 0.3) is 0 Å². The van der Waals surface area contributed by atoms with Crippen LogP contribution >= 0.6 is 11.8 Å². The van der Waals surface area contributed by atoms with E-state index in [0.29, 0.717) is 30.8 Å². The highest BCUT2D eigenvalue weighted by atomic mass is 32.2. The zero-order chi connectivity index (χ0) is 21.8. The van der Waals surface area contributed by atoms with Crippen molar-refractivity contribution in [3.05, 3.63) is 71.5 Å². The number of nitrogens with zero attached hydrogens (tertiary/aromatic N) is 1. The molecule has 0 unspecified atom stereocenters. The van der Waals surface area contributed by atoms with Crippen molar-refractivity contribution in [2.75, 3.05) is 12.3 Å². The number of nitrogens with one attached hydrogen (secondary N) is 1. The van der Waals surface area contributed by atoms with Gasteiger partial charge in [0.25, 0.3) is 0 Å². The average Bonchev–Trinajstić information content (AvgIpc) is 2.75. The van der Waals surface area contributed by atoms with Gasteiger partial charge in [-0.3, -0.25) is 9.59 Å². The van der Waals surface area contributed by atoms with Crippen LogP contribution in [0.15, 0.2) is 54.6 Å². The maximum atomic E-state index is 13.8. The van der Waals surface area contributed by atoms with E-state index in [4.69, 9.17) is 0 Å². The van der Waals surface area contributed by atoms with E-state index in [9.17, 15) is 14.0 Å². The van der Waals surface area contributed by atoms with Crippen molar-refractivity contribution in [2.24, 2.45) is 0 Å². The van der Waals surface area contributed by atoms with E-state index in [0.717, 1.165) is 18.4 Å². The smallest absolute Gasteiger partial charge is 0.242 e. The van der Waals surface area contributed by atoms with Gasteiger partial charge in [-0.1, -0.05) is 68.8 Å². The summed E-state index contributed by atoms with van der Waals surface area (Å²) in [4.78, 5) is 27.5. The van der Waals surface area contributed by atoms with Crippen LogP contribution < -0.4 is 5.32 Å². The Bertz CT molecular complexity index is 801. The third-order valence-corrected chi connectivity index (χ3v) is 5.82. The Balaban J connectivity index is 2.07. The third-order valence-electron chi connectivity index (χ3n) is 4.85. The Morgan fingerprint density at radius 1 is 1.07 bits per heavy atom. The summed E-state index contributed by atoms with van der Waals surface area (Å²) in [6.07, 6.45) is 2.44. The third kappa shape index (κ3) is 7.48. The maximum Gasteiger partial charge on any atom is 0.242 e. The van der Waals surface area contributed by atoms with E-state index < -0.39 is 6.04 Å². The molecule has 0 aliphatic heterocycles. The lowest BCUT2D eigenvalue weighted by Crippen LogP contribution is -2.49. The summed E-state index contributed by atoms with van der Waals surface area (Å²) in [5.74, 6) is 0.115. The highest BCUT2D eigenvalue weighted by molar-refractivity contribution is 7.99. The molecule has 0 radical (unpaired) electrons. The van der Waals surface area contributed by atoms with Crippen LogP contribution in [0.1, 0.15) is 44.2 Å². The highest BCUT2D eigenvalue weighted by Gasteiger charge is 2.28. The molecule has 0 bridgehead atoms. The van der Waals surface area contributed by atoms with Crippen LogP contribution in [0.5, 0.6) is 0 Å². The second-order valence-corrected chi connectivity index (χ2v) is 8.15. The van der Waals surface area contributed by atoms with Crippen LogP contribution in [-0.4, -0.2) is 35.1 Å². The number of unbranched alkanes of at least 4 members (excludes halogenated alkanes) is 1. The molecule has 6 heteroatoms. The topological polar surface area (TPSA) is 49.4 Å². The zero-order valence-electron chi connectivity index (χ0n) is 17.8. The van der Waals surface area contributed by atoms with Gasteiger partial charge in [0.15, 0.2) is 0 Å². The van der Waals surface area contributed by atoms with Crippen molar-refractivity contribution in [2.45, 2.75) is 51.4 Å². The van der Waals surface area contributed by atoms with Gasteiger partial charge >= 0.3 is 0 Å². The molecule has 1 N–H and O–H groups in total. The Kier molecular flexibility index (Phi) is 10.4. The molecule has 0 fully saturated rings. The first-order chi connectivity index (χ1) is 14.6. The molecule has 4 nitrogen and oxygen atoms in total. The molecule has 0 spiro atoms. The van der Waals surface area contributed by atoms with E-state index in [1.807, 2.05) is 37.3 Å². The Labute approximate surface area is 183 Å². The normalized spacial score (nSPS) is 11.7. The number of thioether (sulfide) groups is 1. The van der Waals surface area contributed by atoms with Gasteiger partial charge in [0, 0.05) is 18.8 Å². The molecule has 2 aromatic carbocycles. The number of benzene rings is 2. The predicted octanol–water partition coefficient (Wildman–Crippen LogP) is 4.78. The molecule has 0 saturated carbocycles. The molecule has 2 aromatic rings. The second-order valence-electron chi connectivity index (χ2n) is 7.16. The minimum atomic E-state index is -0.524. The number of carbonyl (C=O) groups excluding carboxylic acids is 2. The SMILES string of the molecule is CCCCNC(=O)[C@@H](CC)N(Cc1ccccc1)C(=O)CSCc1ccccc1F. The van der Waals surface area contributed by atoms with E-state index in [1.54, 1.807) is 23.1 Å². The molecule has 30 heavy (non-hydrogen) atoms. The Morgan fingerprint density at radius 3 is 2.43 bits per heavy atom. The average molecular weight is 431 g/mol. The van der Waals surface area contributed by atoms with Crippen molar-refractivity contribution >= 4 is 23.6 Å². The first-order valence-corrected chi connectivity index (χ1v) is 11.6. The molecule has 0 aliphatic carbocycles. The molecule has 162 valence electrons. The van der Waals surface area contributed by atoms with E-state index in [1.165, 1.54) is 17.8 Å². The molecule has 0 aliphatic rings. The summed E-state index contributed by atoms with van der Waals surface area (Å²) >= 11 is 1.37. The number of amides is 2. The standard InChI is InChI=1S/C24H31FN2O2S/c1-3-5-15-26-24(29)22(4-2)27(16-19-11-7-6-8-12-19)23(28)18-30-17-20-13-9-10-14-21(20)25/h6-14,22H,3-5,15-18H2,1-2H3,(H,26,29)/t22-/m1/s1. The van der Waals surface area contributed by atoms with Gasteiger partial charge in [-0.2, -0.15) is 0 Å². The number of rotatable bonds is 12. The fourth-order valence-corrected chi connectivity index (χ4v) is 4.05. The first kappa shape index (κ1) is 23.9. The summed E-state index contributed by atoms with van der Waals surface area (Å²) < 4.78 is 13.8. The summed E-state index contributed by atoms with van der Waals surface area (Å²) in [6, 6.07) is 15.7. The Hall–Kier alpha value is -2.34. The lowest BCUT2D eigenvalue weighted by Gasteiger charge is -2.30. The summed E-state index contributed by atoms with van der Waals surface area (Å²) in [5, 5.41) is 2.96. The van der Waals surface area contributed by atoms with Crippen molar-refractivity contribution in [1.29, 1.82) is 0 Å². The molecule has 0 aromatic heterocycles. The van der Waals surface area contributed by atoms with Gasteiger partial charge < -0.3 is 10.2 Å². The lowest BCUT2D eigenvalue weighted by molar-refractivity contribution is -0.139. The highest BCUT2D eigenvalue weighted by Crippen LogP contribution is 2.18. The van der Waals surface area contributed by atoms with Crippen LogP contribution in [-0.2, 0) is 21.9 Å². The monoisotopic (exact) mass is 430 g/mol. The molecular weight excluding hydrogens is 399 g/mol. The minimum Gasteiger partial charge on any atom is -0.354 e. The van der Waals surface area contributed by atoms with Gasteiger partial charge in [-0.15, -0.1) is 11.8 Å². The fraction of sp³-hybridized carbons (Fsp3) is 0.417. The summed E-state index contributed by atoms with van der Waals surface area (Å²) in [6.45, 7) is 4.98. The first-order valence-electron chi connectivity index (χ1n) is 10.5. The van der Waals surface area contributed by atoms with Gasteiger partial charge in [-0.05, 0) is 30.0 Å². The van der Waals surface area contributed by atoms with Crippen molar-refractivity contribution in [3.63, 3.8) is 0 Å². The van der Waals surface area contributed by atoms with Crippen LogP contribution in [0.4, 0.5) is 4.39 Å². The van der Waals surface area contributed by atoms with Crippen molar-refractivity contribution in [3.8, 4) is 0 Å². The quantitative estimate of drug-likeness (QED) is 0.493. The molecular formula is C24H31FN2O2S. The Morgan fingerprint density at radius 2 is 1.77 bits per heavy atom. The number of hydrogen-bond acceptors (Lipinski definition) is 3. The number of hydrogen-bond donors (Lipinski definition) is 1. The van der Waals surface area contributed by atoms with Crippen molar-refractivity contribution < 1.29 is 14.0 Å². The molecule has 0 heterocycles. The van der Waals surface area contributed by atoms with Gasteiger partial charge in [0.1, 0.15) is 11.9 Å². The van der Waals surface area contributed by atoms with E-state index in [-0.39, 0.29) is 23.4 Å². The lowest BCUT2D eigenvalue weighted by atomic mass is 10.1. The molecule has 2 rings (SSSR count). The molecule has 2 amide bonds. The van der Waals surface area contributed by atoms with Crippen LogP contribution in [0, 0.1) is 5.82 Å².